The second-order valence-electron chi connectivity index (χ2n) is 5.29. The predicted octanol–water partition coefficient (Wildman–Crippen LogP) is 1.65. The molecule has 1 aromatic rings. The highest BCUT2D eigenvalue weighted by Gasteiger charge is 2.34. The van der Waals surface area contributed by atoms with Gasteiger partial charge in [0.2, 0.25) is 10.0 Å². The first kappa shape index (κ1) is 16.4. The molecular weight excluding hydrogens is 317 g/mol. The zero-order chi connectivity index (χ0) is 15.8. The first-order valence-corrected chi connectivity index (χ1v) is 9.99. The molecule has 1 unspecified atom stereocenters. The molecule has 8 heteroatoms. The van der Waals surface area contributed by atoms with E-state index in [-0.39, 0.29) is 10.8 Å². The van der Waals surface area contributed by atoms with Gasteiger partial charge in [-0.25, -0.2) is 21.2 Å². The average Bonchev–Trinajstić information content (AvgIpc) is 2.87. The van der Waals surface area contributed by atoms with Crippen molar-refractivity contribution in [1.82, 2.24) is 4.31 Å². The van der Waals surface area contributed by atoms with Gasteiger partial charge in [-0.15, -0.1) is 0 Å². The molecule has 0 radical (unpaired) electrons. The first-order valence-electron chi connectivity index (χ1n) is 6.66. The number of nitrogens with zero attached hydrogens (tertiary/aromatic N) is 1. The number of hydrogen-bond donors (Lipinski definition) is 0. The molecule has 0 spiro atoms. The third-order valence-electron chi connectivity index (χ3n) is 3.77. The Balaban J connectivity index is 2.45. The van der Waals surface area contributed by atoms with Gasteiger partial charge in [0.1, 0.15) is 10.7 Å². The third kappa shape index (κ3) is 3.27. The van der Waals surface area contributed by atoms with Crippen LogP contribution in [0.2, 0.25) is 0 Å². The summed E-state index contributed by atoms with van der Waals surface area (Å²) < 4.78 is 63.1. The number of halogens is 1. The molecule has 21 heavy (non-hydrogen) atoms. The standard InChI is InChI=1S/C13H18FNO4S2/c1-3-10-6-7-15(9-10)21(18,19)13-8-11(20(2,16)17)4-5-12(13)14/h4-5,8,10H,3,6-7,9H2,1-2H3. The van der Waals surface area contributed by atoms with Gasteiger partial charge in [-0.1, -0.05) is 13.3 Å². The molecule has 5 nitrogen and oxygen atoms in total. The highest BCUT2D eigenvalue weighted by atomic mass is 32.2. The zero-order valence-corrected chi connectivity index (χ0v) is 13.5. The maximum atomic E-state index is 13.9. The van der Waals surface area contributed by atoms with E-state index in [1.54, 1.807) is 0 Å². The van der Waals surface area contributed by atoms with Crippen molar-refractivity contribution in [2.75, 3.05) is 19.3 Å². The Morgan fingerprint density at radius 3 is 2.48 bits per heavy atom. The Hall–Kier alpha value is -0.990. The van der Waals surface area contributed by atoms with Crippen LogP contribution in [-0.4, -0.2) is 40.5 Å². The van der Waals surface area contributed by atoms with Crippen molar-refractivity contribution in [2.45, 2.75) is 29.6 Å². The van der Waals surface area contributed by atoms with Crippen molar-refractivity contribution >= 4 is 19.9 Å². The van der Waals surface area contributed by atoms with Gasteiger partial charge >= 0.3 is 0 Å². The SMILES string of the molecule is CCC1CCN(S(=O)(=O)c2cc(S(C)(=O)=O)ccc2F)C1. The van der Waals surface area contributed by atoms with Gasteiger partial charge in [0.25, 0.3) is 0 Å². The van der Waals surface area contributed by atoms with Crippen LogP contribution in [-0.2, 0) is 19.9 Å². The number of sulfonamides is 1. The van der Waals surface area contributed by atoms with Crippen LogP contribution in [0.4, 0.5) is 4.39 Å². The summed E-state index contributed by atoms with van der Waals surface area (Å²) in [6, 6.07) is 2.86. The molecule has 0 aliphatic carbocycles. The summed E-state index contributed by atoms with van der Waals surface area (Å²) in [7, 11) is -7.59. The third-order valence-corrected chi connectivity index (χ3v) is 6.76. The van der Waals surface area contributed by atoms with Gasteiger partial charge in [0.05, 0.1) is 4.90 Å². The lowest BCUT2D eigenvalue weighted by atomic mass is 10.1. The fraction of sp³-hybridized carbons (Fsp3) is 0.538. The second kappa shape index (κ2) is 5.66. The lowest BCUT2D eigenvalue weighted by Crippen LogP contribution is -2.29. The van der Waals surface area contributed by atoms with E-state index in [0.717, 1.165) is 37.3 Å². The van der Waals surface area contributed by atoms with E-state index in [9.17, 15) is 21.2 Å². The molecule has 118 valence electrons. The molecule has 2 rings (SSSR count). The van der Waals surface area contributed by atoms with Gasteiger partial charge in [0, 0.05) is 19.3 Å². The van der Waals surface area contributed by atoms with Gasteiger partial charge < -0.3 is 0 Å². The van der Waals surface area contributed by atoms with Crippen LogP contribution in [0.5, 0.6) is 0 Å². The Bertz CT molecular complexity index is 743. The van der Waals surface area contributed by atoms with E-state index in [1.165, 1.54) is 4.31 Å². The topological polar surface area (TPSA) is 71.5 Å². The van der Waals surface area contributed by atoms with Crippen molar-refractivity contribution < 1.29 is 21.2 Å². The minimum absolute atomic E-state index is 0.200. The minimum Gasteiger partial charge on any atom is -0.224 e. The molecule has 0 N–H and O–H groups in total. The monoisotopic (exact) mass is 335 g/mol. The molecular formula is C13H18FNO4S2. The highest BCUT2D eigenvalue weighted by Crippen LogP contribution is 2.28. The van der Waals surface area contributed by atoms with Crippen LogP contribution < -0.4 is 0 Å². The number of benzene rings is 1. The quantitative estimate of drug-likeness (QED) is 0.785. The van der Waals surface area contributed by atoms with Crippen LogP contribution in [0.25, 0.3) is 0 Å². The molecule has 1 aliphatic rings. The average molecular weight is 335 g/mol. The van der Waals surface area contributed by atoms with Crippen molar-refractivity contribution in [3.8, 4) is 0 Å². The maximum Gasteiger partial charge on any atom is 0.246 e. The minimum atomic E-state index is -4.00. The Kier molecular flexibility index (Phi) is 4.41. The van der Waals surface area contributed by atoms with Crippen molar-refractivity contribution in [1.29, 1.82) is 0 Å². The van der Waals surface area contributed by atoms with E-state index in [4.69, 9.17) is 0 Å². The van der Waals surface area contributed by atoms with Crippen LogP contribution in [0.1, 0.15) is 19.8 Å². The van der Waals surface area contributed by atoms with Gasteiger partial charge in [-0.05, 0) is 30.5 Å². The molecule has 0 bridgehead atoms. The van der Waals surface area contributed by atoms with Crippen LogP contribution in [0.3, 0.4) is 0 Å². The summed E-state index contributed by atoms with van der Waals surface area (Å²) in [5.74, 6) is -0.664. The summed E-state index contributed by atoms with van der Waals surface area (Å²) in [4.78, 5) is -0.768. The van der Waals surface area contributed by atoms with E-state index in [2.05, 4.69) is 0 Å². The molecule has 1 heterocycles. The van der Waals surface area contributed by atoms with Crippen molar-refractivity contribution in [3.05, 3.63) is 24.0 Å². The number of hydrogen-bond acceptors (Lipinski definition) is 4. The number of rotatable bonds is 4. The molecule has 0 aromatic heterocycles. The van der Waals surface area contributed by atoms with Gasteiger partial charge in [0.15, 0.2) is 9.84 Å². The first-order chi connectivity index (χ1) is 9.66. The summed E-state index contributed by atoms with van der Waals surface area (Å²) in [6.07, 6.45) is 2.56. The van der Waals surface area contributed by atoms with Gasteiger partial charge in [-0.3, -0.25) is 0 Å². The van der Waals surface area contributed by atoms with Crippen molar-refractivity contribution in [3.63, 3.8) is 0 Å². The molecule has 0 amide bonds. The fourth-order valence-electron chi connectivity index (χ4n) is 2.40. The van der Waals surface area contributed by atoms with Gasteiger partial charge in [-0.2, -0.15) is 4.31 Å². The van der Waals surface area contributed by atoms with Crippen LogP contribution >= 0.6 is 0 Å². The predicted molar refractivity (Wildman–Crippen MR) is 76.7 cm³/mol. The Morgan fingerprint density at radius 2 is 1.95 bits per heavy atom. The molecule has 0 saturated carbocycles. The highest BCUT2D eigenvalue weighted by molar-refractivity contribution is 7.91. The normalized spacial score (nSPS) is 20.8. The molecule has 1 saturated heterocycles. The zero-order valence-electron chi connectivity index (χ0n) is 11.9. The summed E-state index contributed by atoms with van der Waals surface area (Å²) >= 11 is 0. The van der Waals surface area contributed by atoms with E-state index in [0.29, 0.717) is 13.1 Å². The Morgan fingerprint density at radius 1 is 1.29 bits per heavy atom. The lowest BCUT2D eigenvalue weighted by Gasteiger charge is -2.17. The van der Waals surface area contributed by atoms with E-state index >= 15 is 0 Å². The van der Waals surface area contributed by atoms with Crippen LogP contribution in [0.15, 0.2) is 28.0 Å². The molecule has 1 aromatic carbocycles. The maximum absolute atomic E-state index is 13.9. The van der Waals surface area contributed by atoms with Crippen molar-refractivity contribution in [2.24, 2.45) is 5.92 Å². The largest absolute Gasteiger partial charge is 0.246 e. The molecule has 1 atom stereocenters. The number of sulfone groups is 1. The lowest BCUT2D eigenvalue weighted by molar-refractivity contribution is 0.447. The smallest absolute Gasteiger partial charge is 0.224 e. The molecule has 1 aliphatic heterocycles. The van der Waals surface area contributed by atoms with E-state index in [1.807, 2.05) is 6.92 Å². The fourth-order valence-corrected chi connectivity index (χ4v) is 4.74. The summed E-state index contributed by atoms with van der Waals surface area (Å²) in [5, 5.41) is 0. The summed E-state index contributed by atoms with van der Waals surface area (Å²) in [6.45, 7) is 2.66. The van der Waals surface area contributed by atoms with E-state index < -0.39 is 30.6 Å². The Labute approximate surface area is 124 Å². The summed E-state index contributed by atoms with van der Waals surface area (Å²) in [5.41, 5.74) is 0. The molecule has 1 fully saturated rings. The second-order valence-corrected chi connectivity index (χ2v) is 9.21. The van der Waals surface area contributed by atoms with Crippen LogP contribution in [0, 0.1) is 11.7 Å².